The van der Waals surface area contributed by atoms with Crippen LogP contribution >= 0.6 is 11.6 Å². The zero-order valence-corrected chi connectivity index (χ0v) is 16.1. The van der Waals surface area contributed by atoms with Crippen LogP contribution in [0, 0.1) is 0 Å². The van der Waals surface area contributed by atoms with Crippen molar-refractivity contribution in [3.63, 3.8) is 0 Å². The number of hydrogen-bond acceptors (Lipinski definition) is 5. The molecule has 9 heteroatoms. The highest BCUT2D eigenvalue weighted by Gasteiger charge is 2.23. The molecule has 0 aliphatic carbocycles. The van der Waals surface area contributed by atoms with Gasteiger partial charge in [-0.25, -0.2) is 0 Å². The van der Waals surface area contributed by atoms with E-state index in [2.05, 4.69) is 15.0 Å². The summed E-state index contributed by atoms with van der Waals surface area (Å²) in [7, 11) is -2.19. The van der Waals surface area contributed by atoms with E-state index in [1.54, 1.807) is 36.4 Å². The van der Waals surface area contributed by atoms with Gasteiger partial charge in [-0.3, -0.25) is 4.79 Å². The Morgan fingerprint density at radius 3 is 2.78 bits per heavy atom. The lowest BCUT2D eigenvalue weighted by Gasteiger charge is -2.17. The average Bonchev–Trinajstić information content (AvgIpc) is 2.61. The van der Waals surface area contributed by atoms with Crippen molar-refractivity contribution < 1.29 is 17.9 Å². The number of nitrogens with one attached hydrogen (secondary N) is 2. The molecule has 7 nitrogen and oxygen atoms in total. The normalized spacial score (nSPS) is 14.5. The second-order valence-corrected chi connectivity index (χ2v) is 7.86. The molecular weight excluding hydrogens is 390 g/mol. The molecule has 2 aromatic carbocycles. The van der Waals surface area contributed by atoms with Crippen molar-refractivity contribution in [2.75, 3.05) is 17.7 Å². The summed E-state index contributed by atoms with van der Waals surface area (Å²) in [6.07, 6.45) is 0.996. The van der Waals surface area contributed by atoms with Gasteiger partial charge in [0.25, 0.3) is 10.0 Å². The fraction of sp³-hybridized carbons (Fsp3) is 0.222. The van der Waals surface area contributed by atoms with Crippen LogP contribution in [0.3, 0.4) is 0 Å². The first-order valence-electron chi connectivity index (χ1n) is 8.22. The minimum absolute atomic E-state index is 0.155. The quantitative estimate of drug-likeness (QED) is 0.761. The van der Waals surface area contributed by atoms with Crippen LogP contribution in [0.25, 0.3) is 0 Å². The molecule has 0 aromatic heterocycles. The van der Waals surface area contributed by atoms with Gasteiger partial charge < -0.3 is 15.4 Å². The van der Waals surface area contributed by atoms with Gasteiger partial charge in [0, 0.05) is 18.5 Å². The Morgan fingerprint density at radius 2 is 2.04 bits per heavy atom. The van der Waals surface area contributed by atoms with Crippen molar-refractivity contribution in [2.24, 2.45) is 4.40 Å². The predicted molar refractivity (Wildman–Crippen MR) is 105 cm³/mol. The fourth-order valence-electron chi connectivity index (χ4n) is 2.66. The van der Waals surface area contributed by atoms with Gasteiger partial charge in [0.1, 0.15) is 16.5 Å². The van der Waals surface area contributed by atoms with Crippen molar-refractivity contribution >= 4 is 44.7 Å². The molecule has 0 bridgehead atoms. The monoisotopic (exact) mass is 407 g/mol. The molecule has 0 fully saturated rings. The third kappa shape index (κ3) is 4.58. The van der Waals surface area contributed by atoms with E-state index < -0.39 is 10.0 Å². The molecule has 1 aliphatic rings. The van der Waals surface area contributed by atoms with Gasteiger partial charge in [0.05, 0.1) is 17.8 Å². The van der Waals surface area contributed by atoms with E-state index >= 15 is 0 Å². The van der Waals surface area contributed by atoms with Crippen molar-refractivity contribution in [2.45, 2.75) is 24.2 Å². The molecule has 2 aromatic rings. The lowest BCUT2D eigenvalue weighted by molar-refractivity contribution is -0.116. The largest absolute Gasteiger partial charge is 0.495 e. The standard InChI is InChI=1S/C18H18ClN3O4S/c1-26-15-10-9-12(11-13(15)19)20-18(23)8-4-7-17-21-14-5-2-3-6-16(14)27(24,25)22-17/h2-3,5-6,9-11H,4,7-8H2,1H3,(H,20,23)(H,21,22). The van der Waals surface area contributed by atoms with Crippen molar-refractivity contribution in [3.8, 4) is 5.75 Å². The summed E-state index contributed by atoms with van der Waals surface area (Å²) < 4.78 is 33.2. The molecule has 0 saturated carbocycles. The number of carbonyl (C=O) groups is 1. The highest BCUT2D eigenvalue weighted by Crippen LogP contribution is 2.28. The maximum Gasteiger partial charge on any atom is 0.286 e. The third-order valence-corrected chi connectivity index (χ3v) is 5.60. The Balaban J connectivity index is 1.55. The topological polar surface area (TPSA) is 96.9 Å². The molecule has 0 spiro atoms. The maximum atomic E-state index is 12.2. The van der Waals surface area contributed by atoms with Crippen LogP contribution in [-0.2, 0) is 14.8 Å². The molecule has 2 N–H and O–H groups in total. The van der Waals surface area contributed by atoms with Crippen LogP contribution in [-0.4, -0.2) is 27.3 Å². The number of methoxy groups -OCH3 is 1. The lowest BCUT2D eigenvalue weighted by atomic mass is 10.2. The zero-order chi connectivity index (χ0) is 19.4. The Bertz CT molecular complexity index is 1010. The fourth-order valence-corrected chi connectivity index (χ4v) is 4.09. The number of amidine groups is 1. The average molecular weight is 408 g/mol. The Kier molecular flexibility index (Phi) is 5.67. The second kappa shape index (κ2) is 7.98. The number of carbonyl (C=O) groups excluding carboxylic acids is 1. The van der Waals surface area contributed by atoms with E-state index in [4.69, 9.17) is 16.3 Å². The van der Waals surface area contributed by atoms with E-state index in [0.717, 1.165) is 0 Å². The molecule has 0 saturated heterocycles. The molecule has 27 heavy (non-hydrogen) atoms. The van der Waals surface area contributed by atoms with E-state index in [1.165, 1.54) is 13.2 Å². The molecule has 3 rings (SSSR count). The summed E-state index contributed by atoms with van der Waals surface area (Å²) in [5.41, 5.74) is 1.07. The van der Waals surface area contributed by atoms with Crippen molar-refractivity contribution in [1.29, 1.82) is 0 Å². The van der Waals surface area contributed by atoms with E-state index in [0.29, 0.717) is 40.8 Å². The second-order valence-electron chi connectivity index (χ2n) is 5.89. The Morgan fingerprint density at radius 1 is 1.26 bits per heavy atom. The number of halogens is 1. The number of hydrogen-bond donors (Lipinski definition) is 2. The number of rotatable bonds is 6. The number of amides is 1. The lowest BCUT2D eigenvalue weighted by Crippen LogP contribution is -2.22. The predicted octanol–water partition coefficient (Wildman–Crippen LogP) is 3.67. The first-order valence-corrected chi connectivity index (χ1v) is 10.0. The van der Waals surface area contributed by atoms with E-state index in [-0.39, 0.29) is 17.2 Å². The minimum Gasteiger partial charge on any atom is -0.495 e. The molecule has 0 unspecified atom stereocenters. The summed E-state index contributed by atoms with van der Waals surface area (Å²) in [4.78, 5) is 12.2. The molecule has 1 heterocycles. The highest BCUT2D eigenvalue weighted by atomic mass is 35.5. The number of sulfonamides is 1. The maximum absolute atomic E-state index is 12.2. The number of para-hydroxylation sites is 1. The van der Waals surface area contributed by atoms with Crippen LogP contribution in [0.5, 0.6) is 5.75 Å². The first kappa shape index (κ1) is 19.2. The smallest absolute Gasteiger partial charge is 0.286 e. The van der Waals surface area contributed by atoms with Gasteiger partial charge in [-0.1, -0.05) is 23.7 Å². The summed E-state index contributed by atoms with van der Waals surface area (Å²) >= 11 is 6.03. The molecule has 0 atom stereocenters. The van der Waals surface area contributed by atoms with Gasteiger partial charge in [-0.2, -0.15) is 8.42 Å². The molecule has 1 amide bonds. The van der Waals surface area contributed by atoms with Gasteiger partial charge in [-0.05, 0) is 36.8 Å². The minimum atomic E-state index is -3.70. The molecular formula is C18H18ClN3O4S. The van der Waals surface area contributed by atoms with Crippen LogP contribution < -0.4 is 15.4 Å². The summed E-state index contributed by atoms with van der Waals surface area (Å²) in [6, 6.07) is 11.5. The number of fused-ring (bicyclic) bond motifs is 1. The summed E-state index contributed by atoms with van der Waals surface area (Å²) in [5.74, 6) is 0.655. The number of anilines is 2. The molecule has 1 aliphatic heterocycles. The Hall–Kier alpha value is -2.58. The number of ether oxygens (including phenoxy) is 1. The van der Waals surface area contributed by atoms with Crippen LogP contribution in [0.15, 0.2) is 51.8 Å². The number of nitrogens with zero attached hydrogens (tertiary/aromatic N) is 1. The van der Waals surface area contributed by atoms with Crippen LogP contribution in [0.1, 0.15) is 19.3 Å². The summed E-state index contributed by atoms with van der Waals surface area (Å²) in [5, 5.41) is 6.15. The van der Waals surface area contributed by atoms with Crippen LogP contribution in [0.4, 0.5) is 11.4 Å². The van der Waals surface area contributed by atoms with Gasteiger partial charge in [-0.15, -0.1) is 4.40 Å². The SMILES string of the molecule is COc1ccc(NC(=O)CCCC2=NS(=O)(=O)c3ccccc3N2)cc1Cl. The van der Waals surface area contributed by atoms with Crippen molar-refractivity contribution in [3.05, 3.63) is 47.5 Å². The van der Waals surface area contributed by atoms with Crippen molar-refractivity contribution in [1.82, 2.24) is 0 Å². The molecule has 0 radical (unpaired) electrons. The van der Waals surface area contributed by atoms with Gasteiger partial charge in [0.15, 0.2) is 0 Å². The van der Waals surface area contributed by atoms with Gasteiger partial charge in [0.2, 0.25) is 5.91 Å². The zero-order valence-electron chi connectivity index (χ0n) is 14.5. The molecule has 142 valence electrons. The summed E-state index contributed by atoms with van der Waals surface area (Å²) in [6.45, 7) is 0. The Labute approximate surface area is 162 Å². The number of benzene rings is 2. The third-order valence-electron chi connectivity index (χ3n) is 3.93. The first-order chi connectivity index (χ1) is 12.9. The van der Waals surface area contributed by atoms with E-state index in [9.17, 15) is 13.2 Å². The van der Waals surface area contributed by atoms with Gasteiger partial charge >= 0.3 is 0 Å². The van der Waals surface area contributed by atoms with E-state index in [1.807, 2.05) is 0 Å². The van der Waals surface area contributed by atoms with Crippen LogP contribution in [0.2, 0.25) is 5.02 Å². The highest BCUT2D eigenvalue weighted by molar-refractivity contribution is 7.90.